The highest BCUT2D eigenvalue weighted by Gasteiger charge is 2.32. The predicted molar refractivity (Wildman–Crippen MR) is 76.3 cm³/mol. The quantitative estimate of drug-likeness (QED) is 0.774. The number of aliphatic carboxylic acids is 1. The van der Waals surface area contributed by atoms with E-state index in [0.29, 0.717) is 31.5 Å². The van der Waals surface area contributed by atoms with Crippen LogP contribution in [0.3, 0.4) is 0 Å². The Labute approximate surface area is 120 Å². The van der Waals surface area contributed by atoms with Gasteiger partial charge in [-0.05, 0) is 46.1 Å². The van der Waals surface area contributed by atoms with Gasteiger partial charge in [0.1, 0.15) is 0 Å². The van der Waals surface area contributed by atoms with Crippen molar-refractivity contribution >= 4 is 11.9 Å². The van der Waals surface area contributed by atoms with E-state index in [4.69, 9.17) is 5.11 Å². The fraction of sp³-hybridized carbons (Fsp3) is 0.867. The SMILES string of the molecule is CC(CNC(=O)C1CCCC(C(=O)O)C1)N(C)C1CC1. The van der Waals surface area contributed by atoms with Crippen molar-refractivity contribution in [3.05, 3.63) is 0 Å². The summed E-state index contributed by atoms with van der Waals surface area (Å²) in [4.78, 5) is 25.5. The molecule has 2 aliphatic rings. The lowest BCUT2D eigenvalue weighted by Crippen LogP contribution is -2.43. The number of nitrogens with one attached hydrogen (secondary N) is 1. The summed E-state index contributed by atoms with van der Waals surface area (Å²) in [5, 5.41) is 12.1. The van der Waals surface area contributed by atoms with Gasteiger partial charge in [0.15, 0.2) is 0 Å². The van der Waals surface area contributed by atoms with E-state index in [1.165, 1.54) is 12.8 Å². The van der Waals surface area contributed by atoms with E-state index >= 15 is 0 Å². The van der Waals surface area contributed by atoms with Crippen LogP contribution in [-0.4, -0.2) is 47.6 Å². The molecule has 2 saturated carbocycles. The summed E-state index contributed by atoms with van der Waals surface area (Å²) in [5.74, 6) is -1.19. The van der Waals surface area contributed by atoms with Gasteiger partial charge in [-0.25, -0.2) is 0 Å². The van der Waals surface area contributed by atoms with E-state index in [1.54, 1.807) is 0 Å². The number of carbonyl (C=O) groups excluding carboxylic acids is 1. The van der Waals surface area contributed by atoms with Crippen LogP contribution in [0.5, 0.6) is 0 Å². The van der Waals surface area contributed by atoms with Crippen LogP contribution in [0.4, 0.5) is 0 Å². The molecule has 114 valence electrons. The zero-order chi connectivity index (χ0) is 14.7. The Bertz CT molecular complexity index is 368. The van der Waals surface area contributed by atoms with E-state index in [1.807, 2.05) is 0 Å². The zero-order valence-corrected chi connectivity index (χ0v) is 12.5. The minimum absolute atomic E-state index is 0.0343. The lowest BCUT2D eigenvalue weighted by atomic mass is 9.81. The number of amides is 1. The number of likely N-dealkylation sites (N-methyl/N-ethyl adjacent to an activating group) is 1. The normalized spacial score (nSPS) is 28.1. The smallest absolute Gasteiger partial charge is 0.306 e. The van der Waals surface area contributed by atoms with Crippen LogP contribution < -0.4 is 5.32 Å². The Morgan fingerprint density at radius 2 is 1.90 bits per heavy atom. The maximum atomic E-state index is 12.2. The summed E-state index contributed by atoms with van der Waals surface area (Å²) >= 11 is 0. The molecule has 5 nitrogen and oxygen atoms in total. The molecular weight excluding hydrogens is 256 g/mol. The van der Waals surface area contributed by atoms with Gasteiger partial charge < -0.3 is 10.4 Å². The second kappa shape index (κ2) is 6.57. The number of hydrogen-bond donors (Lipinski definition) is 2. The standard InChI is InChI=1S/C15H26N2O3/c1-10(17(2)13-6-7-13)9-16-14(18)11-4-3-5-12(8-11)15(19)20/h10-13H,3-9H2,1-2H3,(H,16,18)(H,19,20). The topological polar surface area (TPSA) is 69.6 Å². The molecule has 2 N–H and O–H groups in total. The Kier molecular flexibility index (Phi) is 5.02. The Morgan fingerprint density at radius 1 is 1.25 bits per heavy atom. The highest BCUT2D eigenvalue weighted by Crippen LogP contribution is 2.29. The number of nitrogens with zero attached hydrogens (tertiary/aromatic N) is 1. The van der Waals surface area contributed by atoms with Crippen molar-refractivity contribution in [2.75, 3.05) is 13.6 Å². The van der Waals surface area contributed by atoms with Crippen LogP contribution in [0.2, 0.25) is 0 Å². The van der Waals surface area contributed by atoms with E-state index < -0.39 is 5.97 Å². The summed E-state index contributed by atoms with van der Waals surface area (Å²) in [7, 11) is 2.11. The van der Waals surface area contributed by atoms with Gasteiger partial charge >= 0.3 is 5.97 Å². The van der Waals surface area contributed by atoms with Crippen LogP contribution in [-0.2, 0) is 9.59 Å². The second-order valence-electron chi connectivity index (χ2n) is 6.39. The van der Waals surface area contributed by atoms with Gasteiger partial charge in [-0.1, -0.05) is 6.42 Å². The number of carboxylic acid groups (broad SMARTS) is 1. The minimum Gasteiger partial charge on any atom is -0.481 e. The molecule has 0 radical (unpaired) electrons. The maximum absolute atomic E-state index is 12.2. The molecule has 0 heterocycles. The molecule has 20 heavy (non-hydrogen) atoms. The highest BCUT2D eigenvalue weighted by molar-refractivity contribution is 5.80. The van der Waals surface area contributed by atoms with Crippen molar-refractivity contribution in [2.45, 2.75) is 57.5 Å². The Morgan fingerprint density at radius 3 is 2.50 bits per heavy atom. The average Bonchev–Trinajstić information content (AvgIpc) is 3.28. The monoisotopic (exact) mass is 282 g/mol. The summed E-state index contributed by atoms with van der Waals surface area (Å²) in [6.45, 7) is 2.78. The maximum Gasteiger partial charge on any atom is 0.306 e. The molecule has 0 aromatic rings. The summed E-state index contributed by atoms with van der Waals surface area (Å²) in [6.07, 6.45) is 5.39. The molecule has 3 unspecified atom stereocenters. The fourth-order valence-corrected chi connectivity index (χ4v) is 3.03. The van der Waals surface area contributed by atoms with Crippen molar-refractivity contribution in [2.24, 2.45) is 11.8 Å². The third-order valence-electron chi connectivity index (χ3n) is 4.78. The molecule has 3 atom stereocenters. The predicted octanol–water partition coefficient (Wildman–Crippen LogP) is 1.48. The molecule has 0 saturated heterocycles. The molecule has 0 aromatic heterocycles. The molecule has 2 fully saturated rings. The average molecular weight is 282 g/mol. The van der Waals surface area contributed by atoms with E-state index in [9.17, 15) is 9.59 Å². The number of hydrogen-bond acceptors (Lipinski definition) is 3. The first-order valence-electron chi connectivity index (χ1n) is 7.71. The fourth-order valence-electron chi connectivity index (χ4n) is 3.03. The molecule has 0 aliphatic heterocycles. The summed E-state index contributed by atoms with van der Waals surface area (Å²) in [5.41, 5.74) is 0. The van der Waals surface area contributed by atoms with Gasteiger partial charge in [0, 0.05) is 24.5 Å². The van der Waals surface area contributed by atoms with E-state index in [2.05, 4.69) is 24.2 Å². The first-order chi connectivity index (χ1) is 9.49. The molecule has 0 bridgehead atoms. The minimum atomic E-state index is -0.760. The van der Waals surface area contributed by atoms with Crippen molar-refractivity contribution in [1.82, 2.24) is 10.2 Å². The third-order valence-corrected chi connectivity index (χ3v) is 4.78. The van der Waals surface area contributed by atoms with Gasteiger partial charge in [-0.15, -0.1) is 0 Å². The van der Waals surface area contributed by atoms with Crippen LogP contribution in [0.1, 0.15) is 45.4 Å². The largest absolute Gasteiger partial charge is 0.481 e. The van der Waals surface area contributed by atoms with Crippen LogP contribution in [0.15, 0.2) is 0 Å². The second-order valence-corrected chi connectivity index (χ2v) is 6.39. The number of rotatable bonds is 6. The van der Waals surface area contributed by atoms with Gasteiger partial charge in [-0.3, -0.25) is 14.5 Å². The van der Waals surface area contributed by atoms with E-state index in [0.717, 1.165) is 12.8 Å². The van der Waals surface area contributed by atoms with Gasteiger partial charge in [0.2, 0.25) is 5.91 Å². The lowest BCUT2D eigenvalue weighted by molar-refractivity contribution is -0.144. The van der Waals surface area contributed by atoms with Crippen molar-refractivity contribution in [3.8, 4) is 0 Å². The van der Waals surface area contributed by atoms with Crippen molar-refractivity contribution < 1.29 is 14.7 Å². The molecule has 1 amide bonds. The first-order valence-corrected chi connectivity index (χ1v) is 7.71. The van der Waals surface area contributed by atoms with E-state index in [-0.39, 0.29) is 17.7 Å². The van der Waals surface area contributed by atoms with Gasteiger partial charge in [0.05, 0.1) is 5.92 Å². The van der Waals surface area contributed by atoms with Gasteiger partial charge in [0.25, 0.3) is 0 Å². The lowest BCUT2D eigenvalue weighted by Gasteiger charge is -2.28. The molecular formula is C15H26N2O3. The van der Waals surface area contributed by atoms with Gasteiger partial charge in [-0.2, -0.15) is 0 Å². The number of carbonyl (C=O) groups is 2. The van der Waals surface area contributed by atoms with Crippen LogP contribution >= 0.6 is 0 Å². The molecule has 0 aromatic carbocycles. The van der Waals surface area contributed by atoms with Crippen molar-refractivity contribution in [1.29, 1.82) is 0 Å². The summed E-state index contributed by atoms with van der Waals surface area (Å²) < 4.78 is 0. The molecule has 0 spiro atoms. The molecule has 2 rings (SSSR count). The van der Waals surface area contributed by atoms with Crippen LogP contribution in [0, 0.1) is 11.8 Å². The number of carboxylic acids is 1. The highest BCUT2D eigenvalue weighted by atomic mass is 16.4. The Hall–Kier alpha value is -1.10. The zero-order valence-electron chi connectivity index (χ0n) is 12.5. The molecule has 2 aliphatic carbocycles. The third kappa shape index (κ3) is 3.95. The first kappa shape index (κ1) is 15.3. The summed E-state index contributed by atoms with van der Waals surface area (Å²) in [6, 6.07) is 1.03. The van der Waals surface area contributed by atoms with Crippen molar-refractivity contribution in [3.63, 3.8) is 0 Å². The molecule has 5 heteroatoms. The Balaban J connectivity index is 1.74. The van der Waals surface area contributed by atoms with Crippen LogP contribution in [0.25, 0.3) is 0 Å².